The van der Waals surface area contributed by atoms with Crippen molar-refractivity contribution in [3.63, 3.8) is 0 Å². The topological polar surface area (TPSA) is 67.6 Å². The van der Waals surface area contributed by atoms with Gasteiger partial charge in [0.2, 0.25) is 5.91 Å². The minimum atomic E-state index is -0.00592. The third kappa shape index (κ3) is 4.22. The van der Waals surface area contributed by atoms with Crippen LogP contribution < -0.4 is 15.8 Å². The van der Waals surface area contributed by atoms with Gasteiger partial charge in [-0.2, -0.15) is 0 Å². The second-order valence-corrected chi connectivity index (χ2v) is 4.77. The van der Waals surface area contributed by atoms with Crippen molar-refractivity contribution in [3.05, 3.63) is 24.3 Å². The van der Waals surface area contributed by atoms with Crippen molar-refractivity contribution < 1.29 is 9.53 Å². The Morgan fingerprint density at radius 1 is 1.53 bits per heavy atom. The van der Waals surface area contributed by atoms with E-state index in [1.807, 2.05) is 24.3 Å². The summed E-state index contributed by atoms with van der Waals surface area (Å²) in [7, 11) is 1.61. The number of amides is 1. The Kier molecular flexibility index (Phi) is 4.76. The highest BCUT2D eigenvalue weighted by Gasteiger charge is 2.29. The largest absolute Gasteiger partial charge is 0.497 e. The molecule has 5 heteroatoms. The first-order chi connectivity index (χ1) is 9.22. The van der Waals surface area contributed by atoms with Crippen LogP contribution in [0.2, 0.25) is 0 Å². The van der Waals surface area contributed by atoms with Gasteiger partial charge in [0.25, 0.3) is 0 Å². The maximum atomic E-state index is 12.0. The second kappa shape index (κ2) is 6.54. The van der Waals surface area contributed by atoms with Gasteiger partial charge in [-0.25, -0.2) is 0 Å². The summed E-state index contributed by atoms with van der Waals surface area (Å²) in [6, 6.07) is 7.90. The van der Waals surface area contributed by atoms with E-state index in [0.717, 1.165) is 18.0 Å². The quantitative estimate of drug-likeness (QED) is 0.772. The molecule has 19 heavy (non-hydrogen) atoms. The van der Waals surface area contributed by atoms with Crippen molar-refractivity contribution >= 4 is 11.6 Å². The van der Waals surface area contributed by atoms with Gasteiger partial charge >= 0.3 is 0 Å². The number of anilines is 1. The Labute approximate surface area is 113 Å². The number of carbonyl (C=O) groups is 1. The number of hydrogen-bond acceptors (Lipinski definition) is 4. The van der Waals surface area contributed by atoms with Crippen LogP contribution in [0.4, 0.5) is 5.69 Å². The lowest BCUT2D eigenvalue weighted by Gasteiger charge is -2.20. The van der Waals surface area contributed by atoms with Crippen molar-refractivity contribution in [2.24, 2.45) is 5.73 Å². The molecule has 0 heterocycles. The minimum absolute atomic E-state index is 0.00592. The molecule has 0 aromatic heterocycles. The van der Waals surface area contributed by atoms with Crippen LogP contribution >= 0.6 is 0 Å². The van der Waals surface area contributed by atoms with Crippen molar-refractivity contribution in [1.29, 1.82) is 0 Å². The number of carbonyl (C=O) groups excluding carboxylic acids is 1. The Morgan fingerprint density at radius 3 is 2.95 bits per heavy atom. The Bertz CT molecular complexity index is 432. The van der Waals surface area contributed by atoms with E-state index in [0.29, 0.717) is 19.1 Å². The molecule has 0 spiro atoms. The summed E-state index contributed by atoms with van der Waals surface area (Å²) in [5.74, 6) is 0.729. The lowest BCUT2D eigenvalue weighted by atomic mass is 10.3. The SMILES string of the molecule is COc1cccc(NC(=O)CN(CCN)C2CC2)c1. The molecule has 1 amide bonds. The predicted octanol–water partition coefficient (Wildman–Crippen LogP) is 1.06. The van der Waals surface area contributed by atoms with Gasteiger partial charge in [0.05, 0.1) is 13.7 Å². The average Bonchev–Trinajstić information content (AvgIpc) is 3.22. The third-order valence-electron chi connectivity index (χ3n) is 3.18. The molecule has 1 aliphatic carbocycles. The first kappa shape index (κ1) is 13.8. The molecule has 0 radical (unpaired) electrons. The van der Waals surface area contributed by atoms with E-state index in [1.165, 1.54) is 12.8 Å². The maximum Gasteiger partial charge on any atom is 0.238 e. The van der Waals surface area contributed by atoms with E-state index in [9.17, 15) is 4.79 Å². The molecule has 1 saturated carbocycles. The van der Waals surface area contributed by atoms with Crippen LogP contribution in [0.25, 0.3) is 0 Å². The van der Waals surface area contributed by atoms with Gasteiger partial charge in [0, 0.05) is 30.9 Å². The smallest absolute Gasteiger partial charge is 0.238 e. The van der Waals surface area contributed by atoms with Gasteiger partial charge < -0.3 is 15.8 Å². The van der Waals surface area contributed by atoms with E-state index in [-0.39, 0.29) is 5.91 Å². The third-order valence-corrected chi connectivity index (χ3v) is 3.18. The molecule has 0 aliphatic heterocycles. The molecule has 3 N–H and O–H groups in total. The number of nitrogens with two attached hydrogens (primary N) is 1. The first-order valence-electron chi connectivity index (χ1n) is 6.61. The van der Waals surface area contributed by atoms with Crippen LogP contribution in [0.3, 0.4) is 0 Å². The molecular weight excluding hydrogens is 242 g/mol. The van der Waals surface area contributed by atoms with Crippen molar-refractivity contribution in [3.8, 4) is 5.75 Å². The fourth-order valence-corrected chi connectivity index (χ4v) is 2.08. The van der Waals surface area contributed by atoms with Crippen LogP contribution in [-0.4, -0.2) is 43.6 Å². The van der Waals surface area contributed by atoms with E-state index in [2.05, 4.69) is 10.2 Å². The number of benzene rings is 1. The summed E-state index contributed by atoms with van der Waals surface area (Å²) < 4.78 is 5.13. The molecule has 104 valence electrons. The molecule has 1 fully saturated rings. The first-order valence-corrected chi connectivity index (χ1v) is 6.61. The fraction of sp³-hybridized carbons (Fsp3) is 0.500. The Balaban J connectivity index is 1.88. The van der Waals surface area contributed by atoms with E-state index < -0.39 is 0 Å². The normalized spacial score (nSPS) is 14.5. The summed E-state index contributed by atoms with van der Waals surface area (Å²) in [5, 5.41) is 2.89. The van der Waals surface area contributed by atoms with Crippen molar-refractivity contribution in [2.45, 2.75) is 18.9 Å². The molecule has 1 aromatic carbocycles. The number of nitrogens with zero attached hydrogens (tertiary/aromatic N) is 1. The summed E-state index contributed by atoms with van der Waals surface area (Å²) in [6.07, 6.45) is 2.35. The van der Waals surface area contributed by atoms with Gasteiger partial charge in [0.1, 0.15) is 5.75 Å². The Hall–Kier alpha value is -1.59. The maximum absolute atomic E-state index is 12.0. The summed E-state index contributed by atoms with van der Waals surface area (Å²) in [6.45, 7) is 1.76. The molecule has 0 saturated heterocycles. The van der Waals surface area contributed by atoms with E-state index in [4.69, 9.17) is 10.5 Å². The van der Waals surface area contributed by atoms with Crippen molar-refractivity contribution in [1.82, 2.24) is 4.90 Å². The van der Waals surface area contributed by atoms with Gasteiger partial charge in [-0.3, -0.25) is 9.69 Å². The van der Waals surface area contributed by atoms with Gasteiger partial charge in [-0.05, 0) is 25.0 Å². The monoisotopic (exact) mass is 263 g/mol. The highest BCUT2D eigenvalue weighted by Crippen LogP contribution is 2.26. The number of methoxy groups -OCH3 is 1. The minimum Gasteiger partial charge on any atom is -0.497 e. The van der Waals surface area contributed by atoms with Crippen LogP contribution in [0, 0.1) is 0 Å². The van der Waals surface area contributed by atoms with Crippen LogP contribution in [0.15, 0.2) is 24.3 Å². The number of rotatable bonds is 7. The van der Waals surface area contributed by atoms with E-state index >= 15 is 0 Å². The van der Waals surface area contributed by atoms with Gasteiger partial charge in [0.15, 0.2) is 0 Å². The lowest BCUT2D eigenvalue weighted by molar-refractivity contribution is -0.117. The molecule has 0 bridgehead atoms. The van der Waals surface area contributed by atoms with Crippen LogP contribution in [0.5, 0.6) is 5.75 Å². The molecule has 1 aliphatic rings. The standard InChI is InChI=1S/C14H21N3O2/c1-19-13-4-2-3-11(9-13)16-14(18)10-17(8-7-15)12-5-6-12/h2-4,9,12H,5-8,10,15H2,1H3,(H,16,18). The van der Waals surface area contributed by atoms with Crippen LogP contribution in [0.1, 0.15) is 12.8 Å². The number of hydrogen-bond donors (Lipinski definition) is 2. The molecule has 2 rings (SSSR count). The fourth-order valence-electron chi connectivity index (χ4n) is 2.08. The van der Waals surface area contributed by atoms with Gasteiger partial charge in [-0.1, -0.05) is 6.07 Å². The lowest BCUT2D eigenvalue weighted by Crippen LogP contribution is -2.38. The highest BCUT2D eigenvalue weighted by molar-refractivity contribution is 5.92. The zero-order valence-corrected chi connectivity index (χ0v) is 11.3. The molecular formula is C14H21N3O2. The number of ether oxygens (including phenoxy) is 1. The second-order valence-electron chi connectivity index (χ2n) is 4.77. The highest BCUT2D eigenvalue weighted by atomic mass is 16.5. The van der Waals surface area contributed by atoms with Crippen LogP contribution in [-0.2, 0) is 4.79 Å². The molecule has 1 aromatic rings. The average molecular weight is 263 g/mol. The molecule has 5 nitrogen and oxygen atoms in total. The summed E-state index contributed by atoms with van der Waals surface area (Å²) in [4.78, 5) is 14.1. The van der Waals surface area contributed by atoms with Gasteiger partial charge in [-0.15, -0.1) is 0 Å². The summed E-state index contributed by atoms with van der Waals surface area (Å²) >= 11 is 0. The molecule has 0 unspecified atom stereocenters. The number of nitrogens with one attached hydrogen (secondary N) is 1. The zero-order chi connectivity index (χ0) is 13.7. The predicted molar refractivity (Wildman–Crippen MR) is 75.3 cm³/mol. The molecule has 0 atom stereocenters. The van der Waals surface area contributed by atoms with E-state index in [1.54, 1.807) is 7.11 Å². The summed E-state index contributed by atoms with van der Waals surface area (Å²) in [5.41, 5.74) is 6.33. The zero-order valence-electron chi connectivity index (χ0n) is 11.3. The Morgan fingerprint density at radius 2 is 2.32 bits per heavy atom. The van der Waals surface area contributed by atoms with Crippen molar-refractivity contribution in [2.75, 3.05) is 32.1 Å².